The Morgan fingerprint density at radius 3 is 2.50 bits per heavy atom. The van der Waals surface area contributed by atoms with E-state index in [-0.39, 0.29) is 24.0 Å². The SMILES string of the molecule is COc1cc(OC(=O)c2cccnc2C)ccc1-c1ccc2c(c1COc1cc([N+](=O)[O-])ccc1C)N(C)C(=O)C(C)(C)N2. The van der Waals surface area contributed by atoms with Gasteiger partial charge in [-0.1, -0.05) is 6.07 Å². The number of esters is 1. The first kappa shape index (κ1) is 30.0. The summed E-state index contributed by atoms with van der Waals surface area (Å²) in [5.74, 6) is 0.353. The first-order valence-electron chi connectivity index (χ1n) is 13.8. The summed E-state index contributed by atoms with van der Waals surface area (Å²) in [5.41, 5.74) is 4.04. The number of non-ortho nitro benzene ring substituents is 1. The van der Waals surface area contributed by atoms with Crippen molar-refractivity contribution in [3.63, 3.8) is 0 Å². The summed E-state index contributed by atoms with van der Waals surface area (Å²) >= 11 is 0. The molecule has 1 amide bonds. The van der Waals surface area contributed by atoms with Crippen LogP contribution in [0.15, 0.2) is 66.9 Å². The van der Waals surface area contributed by atoms with Crippen LogP contribution in [-0.4, -0.2) is 41.5 Å². The maximum Gasteiger partial charge on any atom is 0.345 e. The molecular formula is C33H32N4O7. The number of carbonyl (C=O) groups excluding carboxylic acids is 2. The second-order valence-electron chi connectivity index (χ2n) is 11.0. The van der Waals surface area contributed by atoms with E-state index < -0.39 is 16.4 Å². The summed E-state index contributed by atoms with van der Waals surface area (Å²) in [5, 5.41) is 14.7. The second kappa shape index (κ2) is 11.7. The van der Waals surface area contributed by atoms with E-state index in [4.69, 9.17) is 14.2 Å². The number of carbonyl (C=O) groups is 2. The molecule has 0 unspecified atom stereocenters. The molecule has 5 rings (SSSR count). The molecule has 1 aliphatic rings. The predicted molar refractivity (Wildman–Crippen MR) is 166 cm³/mol. The zero-order valence-electron chi connectivity index (χ0n) is 25.3. The van der Waals surface area contributed by atoms with Crippen LogP contribution in [0.1, 0.15) is 41.0 Å². The van der Waals surface area contributed by atoms with Crippen LogP contribution in [0, 0.1) is 24.0 Å². The van der Waals surface area contributed by atoms with E-state index in [0.717, 1.165) is 11.3 Å². The van der Waals surface area contributed by atoms with E-state index in [1.165, 1.54) is 19.2 Å². The van der Waals surface area contributed by atoms with Gasteiger partial charge in [0.1, 0.15) is 29.4 Å². The van der Waals surface area contributed by atoms with E-state index >= 15 is 0 Å². The lowest BCUT2D eigenvalue weighted by molar-refractivity contribution is -0.385. The summed E-state index contributed by atoms with van der Waals surface area (Å²) in [4.78, 5) is 42.9. The van der Waals surface area contributed by atoms with Gasteiger partial charge in [-0.15, -0.1) is 0 Å². The van der Waals surface area contributed by atoms with Gasteiger partial charge >= 0.3 is 5.97 Å². The van der Waals surface area contributed by atoms with Gasteiger partial charge in [0, 0.05) is 36.5 Å². The lowest BCUT2D eigenvalue weighted by Gasteiger charge is -2.39. The van der Waals surface area contributed by atoms with Crippen molar-refractivity contribution in [3.8, 4) is 28.4 Å². The maximum atomic E-state index is 13.3. The van der Waals surface area contributed by atoms with Crippen molar-refractivity contribution >= 4 is 28.9 Å². The van der Waals surface area contributed by atoms with Crippen LogP contribution in [0.3, 0.4) is 0 Å². The third kappa shape index (κ3) is 5.63. The van der Waals surface area contributed by atoms with Crippen LogP contribution in [0.4, 0.5) is 17.1 Å². The van der Waals surface area contributed by atoms with E-state index in [9.17, 15) is 19.7 Å². The van der Waals surface area contributed by atoms with Gasteiger partial charge in [0.15, 0.2) is 0 Å². The molecule has 0 saturated heterocycles. The smallest absolute Gasteiger partial charge is 0.345 e. The number of pyridine rings is 1. The van der Waals surface area contributed by atoms with Crippen LogP contribution in [0.5, 0.6) is 17.2 Å². The largest absolute Gasteiger partial charge is 0.496 e. The van der Waals surface area contributed by atoms with Gasteiger partial charge in [-0.3, -0.25) is 19.9 Å². The number of benzene rings is 3. The van der Waals surface area contributed by atoms with Crippen molar-refractivity contribution in [2.24, 2.45) is 0 Å². The molecule has 1 aliphatic heterocycles. The zero-order valence-corrected chi connectivity index (χ0v) is 25.3. The number of likely N-dealkylation sites (N-methyl/N-ethyl adjacent to an activating group) is 1. The number of nitrogens with zero attached hydrogens (tertiary/aromatic N) is 3. The number of ether oxygens (including phenoxy) is 3. The summed E-state index contributed by atoms with van der Waals surface area (Å²) < 4.78 is 17.6. The van der Waals surface area contributed by atoms with Crippen molar-refractivity contribution in [2.45, 2.75) is 39.8 Å². The molecular weight excluding hydrogens is 564 g/mol. The van der Waals surface area contributed by atoms with Crippen LogP contribution >= 0.6 is 0 Å². The summed E-state index contributed by atoms with van der Waals surface area (Å²) in [6.45, 7) is 7.13. The fourth-order valence-corrected chi connectivity index (χ4v) is 5.26. The van der Waals surface area contributed by atoms with E-state index in [0.29, 0.717) is 45.1 Å². The summed E-state index contributed by atoms with van der Waals surface area (Å²) in [7, 11) is 3.21. The van der Waals surface area contributed by atoms with Crippen molar-refractivity contribution in [3.05, 3.63) is 99.4 Å². The Balaban J connectivity index is 1.58. The predicted octanol–water partition coefficient (Wildman–Crippen LogP) is 6.25. The molecule has 11 nitrogen and oxygen atoms in total. The van der Waals surface area contributed by atoms with Crippen molar-refractivity contribution in [2.75, 3.05) is 24.4 Å². The van der Waals surface area contributed by atoms with E-state index in [1.54, 1.807) is 82.2 Å². The number of methoxy groups -OCH3 is 1. The minimum Gasteiger partial charge on any atom is -0.496 e. The first-order chi connectivity index (χ1) is 20.9. The molecule has 1 N–H and O–H groups in total. The fraction of sp³-hybridized carbons (Fsp3) is 0.242. The topological polar surface area (TPSA) is 133 Å². The molecule has 3 aromatic carbocycles. The number of hydrogen-bond donors (Lipinski definition) is 1. The Labute approximate surface area is 254 Å². The number of aromatic nitrogens is 1. The molecule has 0 radical (unpaired) electrons. The Bertz CT molecular complexity index is 1800. The van der Waals surface area contributed by atoms with Crippen LogP contribution in [-0.2, 0) is 11.4 Å². The zero-order chi connectivity index (χ0) is 31.8. The van der Waals surface area contributed by atoms with Crippen LogP contribution in [0.2, 0.25) is 0 Å². The van der Waals surface area contributed by atoms with Gasteiger partial charge in [-0.05, 0) is 75.2 Å². The maximum absolute atomic E-state index is 13.3. The van der Waals surface area contributed by atoms with Crippen molar-refractivity contribution in [1.82, 2.24) is 4.98 Å². The molecule has 44 heavy (non-hydrogen) atoms. The second-order valence-corrected chi connectivity index (χ2v) is 11.0. The number of nitrogens with one attached hydrogen (secondary N) is 1. The summed E-state index contributed by atoms with van der Waals surface area (Å²) in [6.07, 6.45) is 1.60. The Morgan fingerprint density at radius 2 is 1.80 bits per heavy atom. The number of aryl methyl sites for hydroxylation is 2. The van der Waals surface area contributed by atoms with Crippen LogP contribution in [0.25, 0.3) is 11.1 Å². The van der Waals surface area contributed by atoms with E-state index in [2.05, 4.69) is 10.3 Å². The molecule has 0 bridgehead atoms. The minimum absolute atomic E-state index is 0.0135. The number of hydrogen-bond acceptors (Lipinski definition) is 9. The minimum atomic E-state index is -0.839. The molecule has 1 aromatic heterocycles. The molecule has 11 heteroatoms. The number of anilines is 2. The molecule has 0 saturated carbocycles. The Hall–Kier alpha value is -5.45. The highest BCUT2D eigenvalue weighted by Gasteiger charge is 2.39. The van der Waals surface area contributed by atoms with Gasteiger partial charge in [-0.2, -0.15) is 0 Å². The number of nitro groups is 1. The monoisotopic (exact) mass is 596 g/mol. The fourth-order valence-electron chi connectivity index (χ4n) is 5.26. The number of fused-ring (bicyclic) bond motifs is 1. The molecule has 4 aromatic rings. The van der Waals surface area contributed by atoms with Crippen LogP contribution < -0.4 is 24.4 Å². The quantitative estimate of drug-likeness (QED) is 0.108. The molecule has 0 spiro atoms. The highest BCUT2D eigenvalue weighted by molar-refractivity contribution is 6.08. The van der Waals surface area contributed by atoms with E-state index in [1.807, 2.05) is 12.1 Å². The highest BCUT2D eigenvalue weighted by atomic mass is 16.6. The molecule has 2 heterocycles. The third-order valence-corrected chi connectivity index (χ3v) is 7.56. The van der Waals surface area contributed by atoms with Crippen molar-refractivity contribution in [1.29, 1.82) is 0 Å². The molecule has 226 valence electrons. The lowest BCUT2D eigenvalue weighted by atomic mass is 9.91. The molecule has 0 aliphatic carbocycles. The van der Waals surface area contributed by atoms with Gasteiger partial charge in [-0.25, -0.2) is 4.79 Å². The highest BCUT2D eigenvalue weighted by Crippen LogP contribution is 2.45. The molecule has 0 fully saturated rings. The van der Waals surface area contributed by atoms with Gasteiger partial charge in [0.2, 0.25) is 0 Å². The molecule has 0 atom stereocenters. The standard InChI is InChI=1S/C33H32N4O7/c1-19-9-10-21(37(40)41)16-28(19)43-18-26-24(13-14-27-30(26)36(5)32(39)33(3,4)35-27)25-12-11-22(17-29(25)42-6)44-31(38)23-8-7-15-34-20(23)2/h7-17,35H,18H2,1-6H3. The van der Waals surface area contributed by atoms with Crippen molar-refractivity contribution < 1.29 is 28.7 Å². The van der Waals surface area contributed by atoms with Gasteiger partial charge in [0.25, 0.3) is 11.6 Å². The average Bonchev–Trinajstić information content (AvgIpc) is 2.99. The summed E-state index contributed by atoms with van der Waals surface area (Å²) in [6, 6.07) is 16.6. The lowest BCUT2D eigenvalue weighted by Crippen LogP contribution is -2.52. The Kier molecular flexibility index (Phi) is 7.97. The first-order valence-corrected chi connectivity index (χ1v) is 13.8. The normalized spacial score (nSPS) is 13.5. The third-order valence-electron chi connectivity index (χ3n) is 7.56. The van der Waals surface area contributed by atoms with Gasteiger partial charge in [0.05, 0.1) is 40.7 Å². The Morgan fingerprint density at radius 1 is 1.05 bits per heavy atom. The number of amides is 1. The number of rotatable bonds is 8. The van der Waals surface area contributed by atoms with Gasteiger partial charge < -0.3 is 24.4 Å². The average molecular weight is 597 g/mol. The number of nitro benzene ring substituents is 1.